The summed E-state index contributed by atoms with van der Waals surface area (Å²) in [6.45, 7) is 4.03. The van der Waals surface area contributed by atoms with Crippen molar-refractivity contribution in [3.63, 3.8) is 0 Å². The number of nitrogens with one attached hydrogen (secondary N) is 1. The van der Waals surface area contributed by atoms with Crippen LogP contribution in [0.5, 0.6) is 5.75 Å². The Morgan fingerprint density at radius 3 is 2.81 bits per heavy atom. The topological polar surface area (TPSA) is 38.3 Å². The first-order valence-corrected chi connectivity index (χ1v) is 6.08. The number of hydrogen-bond donors (Lipinski definition) is 1. The summed E-state index contributed by atoms with van der Waals surface area (Å²) in [6.07, 6.45) is 0. The molecule has 1 rings (SSSR count). The fourth-order valence-electron chi connectivity index (χ4n) is 1.12. The highest BCUT2D eigenvalue weighted by atomic mass is 79.9. The van der Waals surface area contributed by atoms with Crippen LogP contribution in [0.2, 0.25) is 0 Å². The van der Waals surface area contributed by atoms with E-state index in [2.05, 4.69) is 43.8 Å². The van der Waals surface area contributed by atoms with Crippen molar-refractivity contribution in [3.05, 3.63) is 39.3 Å². The Bertz CT molecular complexity index is 418. The Labute approximate surface area is 111 Å². The number of rotatable bonds is 4. The van der Waals surface area contributed by atoms with Crippen LogP contribution in [-0.2, 0) is 0 Å². The van der Waals surface area contributed by atoms with E-state index < -0.39 is 0 Å². The molecule has 0 atom stereocenters. The van der Waals surface area contributed by atoms with Crippen molar-refractivity contribution in [1.82, 2.24) is 5.32 Å². The lowest BCUT2D eigenvalue weighted by Crippen LogP contribution is -2.24. The summed E-state index contributed by atoms with van der Waals surface area (Å²) in [5, 5.41) is 2.71. The van der Waals surface area contributed by atoms with Crippen molar-refractivity contribution in [3.8, 4) is 5.75 Å². The molecule has 0 aromatic heterocycles. The first-order chi connectivity index (χ1) is 7.54. The molecule has 0 fully saturated rings. The third-order valence-corrected chi connectivity index (χ3v) is 2.62. The minimum atomic E-state index is -0.190. The molecule has 1 amide bonds. The summed E-state index contributed by atoms with van der Waals surface area (Å²) in [4.78, 5) is 11.8. The summed E-state index contributed by atoms with van der Waals surface area (Å²) < 4.78 is 6.71. The van der Waals surface area contributed by atoms with Gasteiger partial charge in [0, 0.05) is 15.5 Å². The second kappa shape index (κ2) is 6.06. The summed E-state index contributed by atoms with van der Waals surface area (Å²) in [7, 11) is 1.53. The van der Waals surface area contributed by atoms with Crippen LogP contribution in [0.15, 0.2) is 33.7 Å². The molecule has 0 heterocycles. The van der Waals surface area contributed by atoms with E-state index in [4.69, 9.17) is 4.74 Å². The average Bonchev–Trinajstić information content (AvgIpc) is 2.25. The predicted molar refractivity (Wildman–Crippen MR) is 71.1 cm³/mol. The third-order valence-electron chi connectivity index (χ3n) is 1.85. The molecule has 0 unspecified atom stereocenters. The van der Waals surface area contributed by atoms with Crippen LogP contribution in [0.1, 0.15) is 10.4 Å². The largest absolute Gasteiger partial charge is 0.496 e. The van der Waals surface area contributed by atoms with E-state index in [0.29, 0.717) is 17.9 Å². The van der Waals surface area contributed by atoms with Crippen LogP contribution in [-0.4, -0.2) is 19.6 Å². The van der Waals surface area contributed by atoms with Crippen LogP contribution >= 0.6 is 31.9 Å². The van der Waals surface area contributed by atoms with Gasteiger partial charge in [-0.25, -0.2) is 0 Å². The maximum atomic E-state index is 11.8. The molecule has 1 aromatic carbocycles. The zero-order valence-electron chi connectivity index (χ0n) is 8.72. The summed E-state index contributed by atoms with van der Waals surface area (Å²) in [5.74, 6) is 0.344. The number of hydrogen-bond acceptors (Lipinski definition) is 2. The molecule has 16 heavy (non-hydrogen) atoms. The van der Waals surface area contributed by atoms with E-state index in [1.807, 2.05) is 0 Å². The normalized spacial score (nSPS) is 9.69. The molecule has 86 valence electrons. The molecule has 0 saturated heterocycles. The number of carbonyl (C=O) groups is 1. The van der Waals surface area contributed by atoms with E-state index in [1.54, 1.807) is 18.2 Å². The van der Waals surface area contributed by atoms with Crippen LogP contribution in [0.25, 0.3) is 0 Å². The van der Waals surface area contributed by atoms with E-state index >= 15 is 0 Å². The summed E-state index contributed by atoms with van der Waals surface area (Å²) in [6, 6.07) is 5.24. The first kappa shape index (κ1) is 13.3. The van der Waals surface area contributed by atoms with Gasteiger partial charge in [-0.15, -0.1) is 0 Å². The number of methoxy groups -OCH3 is 1. The van der Waals surface area contributed by atoms with Gasteiger partial charge in [0.25, 0.3) is 5.91 Å². The maximum Gasteiger partial charge on any atom is 0.255 e. The van der Waals surface area contributed by atoms with Gasteiger partial charge in [-0.3, -0.25) is 4.79 Å². The number of ether oxygens (including phenoxy) is 1. The molecule has 1 N–H and O–H groups in total. The van der Waals surface area contributed by atoms with Gasteiger partial charge in [0.15, 0.2) is 0 Å². The van der Waals surface area contributed by atoms with Crippen molar-refractivity contribution in [2.45, 2.75) is 0 Å². The molecule has 0 spiro atoms. The zero-order chi connectivity index (χ0) is 12.1. The average molecular weight is 349 g/mol. The molecule has 0 bridgehead atoms. The van der Waals surface area contributed by atoms with Gasteiger partial charge in [0.1, 0.15) is 5.75 Å². The molecule has 5 heteroatoms. The van der Waals surface area contributed by atoms with E-state index in [0.717, 1.165) is 8.96 Å². The fourth-order valence-corrected chi connectivity index (χ4v) is 1.60. The van der Waals surface area contributed by atoms with Gasteiger partial charge in [-0.1, -0.05) is 38.4 Å². The Morgan fingerprint density at radius 1 is 1.56 bits per heavy atom. The van der Waals surface area contributed by atoms with E-state index in [-0.39, 0.29) is 5.91 Å². The molecule has 0 aliphatic heterocycles. The Hall–Kier alpha value is -0.810. The molecular weight excluding hydrogens is 338 g/mol. The zero-order valence-corrected chi connectivity index (χ0v) is 11.9. The monoisotopic (exact) mass is 347 g/mol. The quantitative estimate of drug-likeness (QED) is 0.907. The third kappa shape index (κ3) is 3.64. The van der Waals surface area contributed by atoms with Gasteiger partial charge in [-0.05, 0) is 18.2 Å². The SMILES string of the molecule is C=C(Br)CNC(=O)c1ccc(Br)cc1OC. The van der Waals surface area contributed by atoms with Crippen molar-refractivity contribution in [2.75, 3.05) is 13.7 Å². The van der Waals surface area contributed by atoms with Crippen LogP contribution < -0.4 is 10.1 Å². The predicted octanol–water partition coefficient (Wildman–Crippen LogP) is 3.10. The van der Waals surface area contributed by atoms with Crippen molar-refractivity contribution < 1.29 is 9.53 Å². The second-order valence-corrected chi connectivity index (χ2v) is 5.08. The van der Waals surface area contributed by atoms with Crippen molar-refractivity contribution in [1.29, 1.82) is 0 Å². The van der Waals surface area contributed by atoms with Crippen LogP contribution in [0, 0.1) is 0 Å². The van der Waals surface area contributed by atoms with Gasteiger partial charge < -0.3 is 10.1 Å². The number of carbonyl (C=O) groups excluding carboxylic acids is 1. The smallest absolute Gasteiger partial charge is 0.255 e. The van der Waals surface area contributed by atoms with Crippen LogP contribution in [0.4, 0.5) is 0 Å². The lowest BCUT2D eigenvalue weighted by Gasteiger charge is -2.09. The Morgan fingerprint density at radius 2 is 2.25 bits per heavy atom. The standard InChI is InChI=1S/C11H11Br2NO2/c1-7(12)6-14-11(15)9-4-3-8(13)5-10(9)16-2/h3-5H,1,6H2,2H3,(H,14,15). The number of amides is 1. The van der Waals surface area contributed by atoms with E-state index in [1.165, 1.54) is 7.11 Å². The molecule has 0 aliphatic rings. The fraction of sp³-hybridized carbons (Fsp3) is 0.182. The highest BCUT2D eigenvalue weighted by molar-refractivity contribution is 9.11. The highest BCUT2D eigenvalue weighted by Crippen LogP contribution is 2.23. The number of halogens is 2. The molecular formula is C11H11Br2NO2. The lowest BCUT2D eigenvalue weighted by atomic mass is 10.2. The van der Waals surface area contributed by atoms with Crippen molar-refractivity contribution >= 4 is 37.8 Å². The van der Waals surface area contributed by atoms with Crippen molar-refractivity contribution in [2.24, 2.45) is 0 Å². The van der Waals surface area contributed by atoms with Gasteiger partial charge in [-0.2, -0.15) is 0 Å². The first-order valence-electron chi connectivity index (χ1n) is 4.49. The molecule has 0 saturated carbocycles. The minimum Gasteiger partial charge on any atom is -0.496 e. The van der Waals surface area contributed by atoms with Crippen LogP contribution in [0.3, 0.4) is 0 Å². The molecule has 3 nitrogen and oxygen atoms in total. The molecule has 0 aliphatic carbocycles. The Kier molecular flexibility index (Phi) is 5.02. The minimum absolute atomic E-state index is 0.190. The lowest BCUT2D eigenvalue weighted by molar-refractivity contribution is 0.0955. The Balaban J connectivity index is 2.86. The van der Waals surface area contributed by atoms with Gasteiger partial charge in [0.2, 0.25) is 0 Å². The summed E-state index contributed by atoms with van der Waals surface area (Å²) in [5.41, 5.74) is 0.499. The number of benzene rings is 1. The second-order valence-electron chi connectivity index (χ2n) is 3.04. The van der Waals surface area contributed by atoms with E-state index in [9.17, 15) is 4.79 Å². The van der Waals surface area contributed by atoms with Gasteiger partial charge in [0.05, 0.1) is 12.7 Å². The molecule has 0 radical (unpaired) electrons. The maximum absolute atomic E-state index is 11.8. The molecule has 1 aromatic rings. The summed E-state index contributed by atoms with van der Waals surface area (Å²) >= 11 is 6.49. The van der Waals surface area contributed by atoms with Gasteiger partial charge >= 0.3 is 0 Å². The highest BCUT2D eigenvalue weighted by Gasteiger charge is 2.11.